The van der Waals surface area contributed by atoms with Gasteiger partial charge in [0.25, 0.3) is 0 Å². The zero-order valence-electron chi connectivity index (χ0n) is 26.3. The van der Waals surface area contributed by atoms with E-state index in [4.69, 9.17) is 9.47 Å². The average Bonchev–Trinajstić information content (AvgIpc) is 2.93. The minimum Gasteiger partial charge on any atom is -0.466 e. The van der Waals surface area contributed by atoms with Crippen LogP contribution in [0.1, 0.15) is 181 Å². The number of carbonyl (C=O) groups is 2. The molecule has 0 aliphatic heterocycles. The van der Waals surface area contributed by atoms with Gasteiger partial charge in [0.2, 0.25) is 0 Å². The van der Waals surface area contributed by atoms with E-state index in [0.29, 0.717) is 26.1 Å². The van der Waals surface area contributed by atoms with Crippen LogP contribution in [0.25, 0.3) is 0 Å². The SMILES string of the molecule is CCCCCCCCCCCCCC(=O)OCCCNCCCOC(=O)CCCCCCCCCCCCC. The molecule has 0 unspecified atom stereocenters. The van der Waals surface area contributed by atoms with Crippen molar-refractivity contribution in [2.75, 3.05) is 26.3 Å². The highest BCUT2D eigenvalue weighted by atomic mass is 16.5. The van der Waals surface area contributed by atoms with Crippen molar-refractivity contribution in [1.29, 1.82) is 0 Å². The molecule has 0 saturated carbocycles. The maximum atomic E-state index is 11.8. The summed E-state index contributed by atoms with van der Waals surface area (Å²) in [4.78, 5) is 23.7. The molecule has 0 rings (SSSR count). The van der Waals surface area contributed by atoms with Crippen LogP contribution in [0.2, 0.25) is 0 Å². The van der Waals surface area contributed by atoms with Gasteiger partial charge in [0.15, 0.2) is 0 Å². The van der Waals surface area contributed by atoms with Gasteiger partial charge in [-0.1, -0.05) is 142 Å². The number of hydrogen-bond donors (Lipinski definition) is 1. The van der Waals surface area contributed by atoms with E-state index in [-0.39, 0.29) is 11.9 Å². The molecule has 232 valence electrons. The van der Waals surface area contributed by atoms with Crippen molar-refractivity contribution in [2.24, 2.45) is 0 Å². The quantitative estimate of drug-likeness (QED) is 0.0663. The third-order valence-corrected chi connectivity index (χ3v) is 7.49. The Balaban J connectivity index is 3.24. The smallest absolute Gasteiger partial charge is 0.305 e. The first-order valence-electron chi connectivity index (χ1n) is 17.2. The van der Waals surface area contributed by atoms with Gasteiger partial charge in [-0.2, -0.15) is 0 Å². The molecule has 5 nitrogen and oxygen atoms in total. The number of hydrogen-bond acceptors (Lipinski definition) is 5. The van der Waals surface area contributed by atoms with E-state index in [1.54, 1.807) is 0 Å². The monoisotopic (exact) mass is 554 g/mol. The van der Waals surface area contributed by atoms with Crippen molar-refractivity contribution < 1.29 is 19.1 Å². The van der Waals surface area contributed by atoms with Crippen LogP contribution in [0.3, 0.4) is 0 Å². The van der Waals surface area contributed by atoms with Crippen molar-refractivity contribution in [2.45, 2.75) is 181 Å². The Bertz CT molecular complexity index is 467. The fourth-order valence-electron chi connectivity index (χ4n) is 4.90. The van der Waals surface area contributed by atoms with Crippen LogP contribution in [0.15, 0.2) is 0 Å². The third kappa shape index (κ3) is 33.0. The highest BCUT2D eigenvalue weighted by Crippen LogP contribution is 2.13. The van der Waals surface area contributed by atoms with Crippen LogP contribution >= 0.6 is 0 Å². The summed E-state index contributed by atoms with van der Waals surface area (Å²) in [6, 6.07) is 0. The van der Waals surface area contributed by atoms with Crippen LogP contribution in [0.4, 0.5) is 0 Å². The second kappa shape index (κ2) is 33.1. The molecule has 0 amide bonds. The Morgan fingerprint density at radius 3 is 1.00 bits per heavy atom. The summed E-state index contributed by atoms with van der Waals surface area (Å²) in [6.07, 6.45) is 31.1. The molecule has 0 heterocycles. The largest absolute Gasteiger partial charge is 0.466 e. The summed E-state index contributed by atoms with van der Waals surface area (Å²) in [5.74, 6) is -0.119. The van der Waals surface area contributed by atoms with Gasteiger partial charge in [0.05, 0.1) is 13.2 Å². The van der Waals surface area contributed by atoms with Crippen LogP contribution in [0, 0.1) is 0 Å². The van der Waals surface area contributed by atoms with Crippen molar-refractivity contribution in [3.8, 4) is 0 Å². The lowest BCUT2D eigenvalue weighted by Gasteiger charge is -2.07. The predicted molar refractivity (Wildman–Crippen MR) is 166 cm³/mol. The summed E-state index contributed by atoms with van der Waals surface area (Å²) < 4.78 is 10.7. The molecule has 0 aliphatic carbocycles. The molecule has 0 atom stereocenters. The van der Waals surface area contributed by atoms with Crippen molar-refractivity contribution >= 4 is 11.9 Å². The molecule has 0 radical (unpaired) electrons. The molecule has 0 aliphatic rings. The van der Waals surface area contributed by atoms with E-state index in [9.17, 15) is 9.59 Å². The summed E-state index contributed by atoms with van der Waals surface area (Å²) in [5.41, 5.74) is 0. The molecule has 0 aromatic carbocycles. The molecular weight excluding hydrogens is 486 g/mol. The lowest BCUT2D eigenvalue weighted by molar-refractivity contribution is -0.144. The number of carbonyl (C=O) groups excluding carboxylic acids is 2. The van der Waals surface area contributed by atoms with Gasteiger partial charge in [0.1, 0.15) is 0 Å². The third-order valence-electron chi connectivity index (χ3n) is 7.49. The molecule has 0 aromatic heterocycles. The van der Waals surface area contributed by atoms with E-state index in [2.05, 4.69) is 19.2 Å². The van der Waals surface area contributed by atoms with Crippen molar-refractivity contribution in [3.63, 3.8) is 0 Å². The standard InChI is InChI=1S/C34H67NO4/c1-3-5-7-9-11-13-15-17-19-21-23-27-33(36)38-31-25-29-35-30-26-32-39-34(37)28-24-22-20-18-16-14-12-10-8-6-4-2/h35H,3-32H2,1-2H3. The van der Waals surface area contributed by atoms with E-state index in [1.165, 1.54) is 116 Å². The molecule has 0 aromatic rings. The molecule has 1 N–H and O–H groups in total. The Hall–Kier alpha value is -1.10. The number of unbranched alkanes of at least 4 members (excludes halogenated alkanes) is 20. The fourth-order valence-corrected chi connectivity index (χ4v) is 4.90. The number of rotatable bonds is 32. The maximum Gasteiger partial charge on any atom is 0.305 e. The molecule has 39 heavy (non-hydrogen) atoms. The topological polar surface area (TPSA) is 64.6 Å². The first-order valence-corrected chi connectivity index (χ1v) is 17.2. The second-order valence-electron chi connectivity index (χ2n) is 11.5. The van der Waals surface area contributed by atoms with E-state index < -0.39 is 0 Å². The van der Waals surface area contributed by atoms with Crippen LogP contribution < -0.4 is 5.32 Å². The van der Waals surface area contributed by atoms with Gasteiger partial charge in [-0.25, -0.2) is 0 Å². The van der Waals surface area contributed by atoms with Gasteiger partial charge in [-0.15, -0.1) is 0 Å². The molecule has 5 heteroatoms. The zero-order valence-corrected chi connectivity index (χ0v) is 26.3. The fraction of sp³-hybridized carbons (Fsp3) is 0.941. The van der Waals surface area contributed by atoms with Gasteiger partial charge < -0.3 is 14.8 Å². The van der Waals surface area contributed by atoms with Crippen molar-refractivity contribution in [3.05, 3.63) is 0 Å². The molecular formula is C34H67NO4. The van der Waals surface area contributed by atoms with Gasteiger partial charge in [-0.05, 0) is 38.8 Å². The van der Waals surface area contributed by atoms with Gasteiger partial charge in [0, 0.05) is 12.8 Å². The second-order valence-corrected chi connectivity index (χ2v) is 11.5. The highest BCUT2D eigenvalue weighted by Gasteiger charge is 2.04. The Kier molecular flexibility index (Phi) is 32.2. The number of nitrogens with one attached hydrogen (secondary N) is 1. The lowest BCUT2D eigenvalue weighted by Crippen LogP contribution is -2.20. The number of ether oxygens (including phenoxy) is 2. The molecule has 0 bridgehead atoms. The minimum atomic E-state index is -0.0596. The maximum absolute atomic E-state index is 11.8. The van der Waals surface area contributed by atoms with E-state index in [1.807, 2.05) is 0 Å². The number of esters is 2. The van der Waals surface area contributed by atoms with E-state index in [0.717, 1.165) is 51.6 Å². The van der Waals surface area contributed by atoms with Crippen LogP contribution in [0.5, 0.6) is 0 Å². The van der Waals surface area contributed by atoms with Gasteiger partial charge >= 0.3 is 11.9 Å². The Labute approximate surface area is 243 Å². The van der Waals surface area contributed by atoms with Crippen LogP contribution in [-0.2, 0) is 19.1 Å². The Morgan fingerprint density at radius 1 is 0.410 bits per heavy atom. The highest BCUT2D eigenvalue weighted by molar-refractivity contribution is 5.69. The normalized spacial score (nSPS) is 11.1. The first-order chi connectivity index (χ1) is 19.2. The summed E-state index contributed by atoms with van der Waals surface area (Å²) >= 11 is 0. The predicted octanol–water partition coefficient (Wildman–Crippen LogP) is 9.84. The lowest BCUT2D eigenvalue weighted by atomic mass is 10.1. The minimum absolute atomic E-state index is 0.0596. The zero-order chi connectivity index (χ0) is 28.5. The molecule has 0 saturated heterocycles. The Morgan fingerprint density at radius 2 is 0.692 bits per heavy atom. The van der Waals surface area contributed by atoms with E-state index >= 15 is 0 Å². The first kappa shape index (κ1) is 37.9. The van der Waals surface area contributed by atoms with Crippen LogP contribution in [-0.4, -0.2) is 38.2 Å². The summed E-state index contributed by atoms with van der Waals surface area (Å²) in [5, 5.41) is 3.33. The van der Waals surface area contributed by atoms with Crippen molar-refractivity contribution in [1.82, 2.24) is 5.32 Å². The molecule has 0 fully saturated rings. The summed E-state index contributed by atoms with van der Waals surface area (Å²) in [7, 11) is 0. The van der Waals surface area contributed by atoms with Gasteiger partial charge in [-0.3, -0.25) is 9.59 Å². The molecule has 0 spiro atoms. The summed E-state index contributed by atoms with van der Waals surface area (Å²) in [6.45, 7) is 7.13. The average molecular weight is 554 g/mol.